The summed E-state index contributed by atoms with van der Waals surface area (Å²) in [5.74, 6) is -1.50. The largest absolute Gasteiger partial charge is 0.469 e. The maximum Gasteiger partial charge on any atom is 0.307 e. The zero-order valence-electron chi connectivity index (χ0n) is 17.5. The predicted octanol–water partition coefficient (Wildman–Crippen LogP) is 2.32. The zero-order chi connectivity index (χ0) is 23.1. The average Bonchev–Trinajstić information content (AvgIpc) is 3.31. The van der Waals surface area contributed by atoms with E-state index in [0.717, 1.165) is 12.8 Å². The molecule has 2 N–H and O–H groups in total. The lowest BCUT2D eigenvalue weighted by Crippen LogP contribution is -2.32. The number of ether oxygens (including phenoxy) is 2. The second kappa shape index (κ2) is 10.7. The average molecular weight is 465 g/mol. The summed E-state index contributed by atoms with van der Waals surface area (Å²) in [6, 6.07) is 10.1. The SMILES string of the molecule is COC(=O)CC(NC(=O)c1ccc(S(=O)(=O)NCC2CCCO2)cc1)c1ccc(F)cc1. The Morgan fingerprint density at radius 2 is 1.84 bits per heavy atom. The van der Waals surface area contributed by atoms with Gasteiger partial charge < -0.3 is 14.8 Å². The second-order valence-corrected chi connectivity index (χ2v) is 9.14. The Bertz CT molecular complexity index is 1040. The van der Waals surface area contributed by atoms with E-state index in [1.807, 2.05) is 0 Å². The molecule has 8 nitrogen and oxygen atoms in total. The summed E-state index contributed by atoms with van der Waals surface area (Å²) in [5.41, 5.74) is 0.739. The number of esters is 1. The molecule has 0 saturated carbocycles. The van der Waals surface area contributed by atoms with Gasteiger partial charge in [0.2, 0.25) is 10.0 Å². The summed E-state index contributed by atoms with van der Waals surface area (Å²) in [6.07, 6.45) is 1.44. The lowest BCUT2D eigenvalue weighted by atomic mass is 10.0. The lowest BCUT2D eigenvalue weighted by molar-refractivity contribution is -0.141. The molecule has 0 radical (unpaired) electrons. The van der Waals surface area contributed by atoms with Crippen molar-refractivity contribution in [1.82, 2.24) is 10.0 Å². The van der Waals surface area contributed by atoms with E-state index in [4.69, 9.17) is 4.74 Å². The molecule has 1 fully saturated rings. The molecule has 1 amide bonds. The van der Waals surface area contributed by atoms with Crippen molar-refractivity contribution < 1.29 is 31.9 Å². The number of amides is 1. The quantitative estimate of drug-likeness (QED) is 0.551. The van der Waals surface area contributed by atoms with Gasteiger partial charge in [-0.25, -0.2) is 17.5 Å². The van der Waals surface area contributed by atoms with Gasteiger partial charge in [0.15, 0.2) is 0 Å². The molecular weight excluding hydrogens is 439 g/mol. The van der Waals surface area contributed by atoms with Gasteiger partial charge in [0.1, 0.15) is 5.82 Å². The molecule has 2 atom stereocenters. The molecule has 0 aliphatic carbocycles. The van der Waals surface area contributed by atoms with Gasteiger partial charge in [-0.2, -0.15) is 0 Å². The van der Waals surface area contributed by atoms with E-state index >= 15 is 0 Å². The fourth-order valence-electron chi connectivity index (χ4n) is 3.32. The molecule has 32 heavy (non-hydrogen) atoms. The smallest absolute Gasteiger partial charge is 0.307 e. The summed E-state index contributed by atoms with van der Waals surface area (Å²) in [6.45, 7) is 0.822. The number of carbonyl (C=O) groups excluding carboxylic acids is 2. The second-order valence-electron chi connectivity index (χ2n) is 7.37. The first-order valence-electron chi connectivity index (χ1n) is 10.1. The van der Waals surface area contributed by atoms with E-state index in [2.05, 4.69) is 14.8 Å². The lowest BCUT2D eigenvalue weighted by Gasteiger charge is -2.18. The van der Waals surface area contributed by atoms with Gasteiger partial charge in [0.05, 0.1) is 30.6 Å². The third-order valence-corrected chi connectivity index (χ3v) is 6.57. The van der Waals surface area contributed by atoms with Gasteiger partial charge >= 0.3 is 5.97 Å². The molecule has 0 aromatic heterocycles. The molecule has 0 bridgehead atoms. The monoisotopic (exact) mass is 464 g/mol. The van der Waals surface area contributed by atoms with Crippen LogP contribution in [0, 0.1) is 5.82 Å². The maximum atomic E-state index is 13.2. The van der Waals surface area contributed by atoms with Gasteiger partial charge in [-0.05, 0) is 54.8 Å². The summed E-state index contributed by atoms with van der Waals surface area (Å²) < 4.78 is 50.8. The van der Waals surface area contributed by atoms with Gasteiger partial charge in [-0.3, -0.25) is 9.59 Å². The minimum atomic E-state index is -3.74. The van der Waals surface area contributed by atoms with Crippen LogP contribution in [0.3, 0.4) is 0 Å². The van der Waals surface area contributed by atoms with Gasteiger partial charge in [0.25, 0.3) is 5.91 Å². The number of sulfonamides is 1. The molecule has 1 saturated heterocycles. The molecular formula is C22H25FN2O6S. The van der Waals surface area contributed by atoms with Crippen LogP contribution in [-0.4, -0.2) is 46.7 Å². The predicted molar refractivity (Wildman–Crippen MR) is 114 cm³/mol. The summed E-state index contributed by atoms with van der Waals surface area (Å²) >= 11 is 0. The van der Waals surface area contributed by atoms with Crippen LogP contribution in [0.5, 0.6) is 0 Å². The summed E-state index contributed by atoms with van der Waals surface area (Å²) in [5, 5.41) is 2.71. The zero-order valence-corrected chi connectivity index (χ0v) is 18.4. The van der Waals surface area contributed by atoms with Gasteiger partial charge in [-0.15, -0.1) is 0 Å². The number of methoxy groups -OCH3 is 1. The van der Waals surface area contributed by atoms with Crippen LogP contribution >= 0.6 is 0 Å². The normalized spacial score (nSPS) is 17.0. The molecule has 2 aromatic carbocycles. The highest BCUT2D eigenvalue weighted by molar-refractivity contribution is 7.89. The van der Waals surface area contributed by atoms with Crippen LogP contribution in [0.15, 0.2) is 53.4 Å². The number of hydrogen-bond acceptors (Lipinski definition) is 6. The van der Waals surface area contributed by atoms with Crippen LogP contribution < -0.4 is 10.0 Å². The van der Waals surface area contributed by atoms with Crippen LogP contribution in [0.4, 0.5) is 4.39 Å². The number of carbonyl (C=O) groups is 2. The van der Waals surface area contributed by atoms with Crippen molar-refractivity contribution in [2.45, 2.75) is 36.3 Å². The minimum Gasteiger partial charge on any atom is -0.469 e. The molecule has 3 rings (SSSR count). The Labute approximate surface area is 186 Å². The van der Waals surface area contributed by atoms with Crippen LogP contribution in [0.2, 0.25) is 0 Å². The van der Waals surface area contributed by atoms with E-state index in [-0.39, 0.29) is 29.5 Å². The van der Waals surface area contributed by atoms with Gasteiger partial charge in [0, 0.05) is 18.7 Å². The molecule has 0 spiro atoms. The van der Waals surface area contributed by atoms with Crippen molar-refractivity contribution in [2.24, 2.45) is 0 Å². The summed E-state index contributed by atoms with van der Waals surface area (Å²) in [7, 11) is -2.50. The van der Waals surface area contributed by atoms with E-state index in [1.54, 1.807) is 0 Å². The highest BCUT2D eigenvalue weighted by Crippen LogP contribution is 2.20. The van der Waals surface area contributed by atoms with E-state index in [9.17, 15) is 22.4 Å². The fraction of sp³-hybridized carbons (Fsp3) is 0.364. The van der Waals surface area contributed by atoms with Gasteiger partial charge in [-0.1, -0.05) is 12.1 Å². The van der Waals surface area contributed by atoms with Crippen molar-refractivity contribution >= 4 is 21.9 Å². The standard InChI is InChI=1S/C22H25FN2O6S/c1-30-21(26)13-20(15-4-8-17(23)9-5-15)25-22(27)16-6-10-19(11-7-16)32(28,29)24-14-18-3-2-12-31-18/h4-11,18,20,24H,2-3,12-14H2,1H3,(H,25,27). The number of rotatable bonds is 9. The first kappa shape index (κ1) is 23.8. The Kier molecular flexibility index (Phi) is 7.94. The van der Waals surface area contributed by atoms with Crippen molar-refractivity contribution in [3.8, 4) is 0 Å². The molecule has 2 unspecified atom stereocenters. The fourth-order valence-corrected chi connectivity index (χ4v) is 4.38. The number of halogens is 1. The Morgan fingerprint density at radius 1 is 1.16 bits per heavy atom. The highest BCUT2D eigenvalue weighted by atomic mass is 32.2. The molecule has 2 aromatic rings. The first-order chi connectivity index (χ1) is 15.3. The molecule has 172 valence electrons. The Balaban J connectivity index is 1.68. The maximum absolute atomic E-state index is 13.2. The van der Waals surface area contributed by atoms with Crippen LogP contribution in [-0.2, 0) is 24.3 Å². The number of benzene rings is 2. The first-order valence-corrected chi connectivity index (χ1v) is 11.6. The molecule has 1 aliphatic heterocycles. The Morgan fingerprint density at radius 3 is 2.44 bits per heavy atom. The van der Waals surface area contributed by atoms with Crippen molar-refractivity contribution in [2.75, 3.05) is 20.3 Å². The van der Waals surface area contributed by atoms with E-state index in [0.29, 0.717) is 12.2 Å². The van der Waals surface area contributed by atoms with Crippen molar-refractivity contribution in [1.29, 1.82) is 0 Å². The number of hydrogen-bond donors (Lipinski definition) is 2. The number of nitrogens with one attached hydrogen (secondary N) is 2. The van der Waals surface area contributed by atoms with E-state index < -0.39 is 33.8 Å². The van der Waals surface area contributed by atoms with Crippen LogP contribution in [0.1, 0.15) is 41.2 Å². The minimum absolute atomic E-state index is 0.0247. The molecule has 10 heteroatoms. The van der Waals surface area contributed by atoms with E-state index in [1.165, 1.54) is 55.6 Å². The summed E-state index contributed by atoms with van der Waals surface area (Å²) in [4.78, 5) is 24.5. The van der Waals surface area contributed by atoms with Crippen LogP contribution in [0.25, 0.3) is 0 Å². The third kappa shape index (κ3) is 6.35. The molecule has 1 aliphatic rings. The van der Waals surface area contributed by atoms with Crippen molar-refractivity contribution in [3.05, 3.63) is 65.5 Å². The third-order valence-electron chi connectivity index (χ3n) is 5.13. The molecule has 1 heterocycles. The highest BCUT2D eigenvalue weighted by Gasteiger charge is 2.22. The van der Waals surface area contributed by atoms with Crippen molar-refractivity contribution in [3.63, 3.8) is 0 Å². The Hall–Kier alpha value is -2.82. The topological polar surface area (TPSA) is 111 Å².